The molecule has 1 unspecified atom stereocenters. The zero-order chi connectivity index (χ0) is 15.0. The Morgan fingerprint density at radius 2 is 2.00 bits per heavy atom. The molecule has 0 saturated carbocycles. The van der Waals surface area contributed by atoms with E-state index in [4.69, 9.17) is 0 Å². The number of nitro groups is 1. The molecule has 110 valence electrons. The van der Waals surface area contributed by atoms with E-state index >= 15 is 0 Å². The van der Waals surface area contributed by atoms with Crippen molar-refractivity contribution in [3.63, 3.8) is 0 Å². The molecule has 0 aliphatic rings. The van der Waals surface area contributed by atoms with E-state index < -0.39 is 11.0 Å². The smallest absolute Gasteiger partial charge is 0.315 e. The lowest BCUT2D eigenvalue weighted by atomic mass is 10.2. The number of hydrogen-bond donors (Lipinski definition) is 3. The first-order valence-corrected chi connectivity index (χ1v) is 6.46. The second kappa shape index (κ2) is 8.11. The lowest BCUT2D eigenvalue weighted by Gasteiger charge is -2.10. The number of nitrogens with zero attached hydrogens (tertiary/aromatic N) is 1. The number of non-ortho nitro benzene ring substituents is 1. The van der Waals surface area contributed by atoms with Crippen LogP contribution in [0.1, 0.15) is 25.3 Å². The Kier molecular flexibility index (Phi) is 6.45. The van der Waals surface area contributed by atoms with E-state index in [2.05, 4.69) is 10.6 Å². The minimum atomic E-state index is -0.469. The van der Waals surface area contributed by atoms with Crippen molar-refractivity contribution >= 4 is 11.7 Å². The van der Waals surface area contributed by atoms with Crippen molar-refractivity contribution in [2.45, 2.75) is 32.4 Å². The van der Waals surface area contributed by atoms with E-state index in [-0.39, 0.29) is 11.7 Å². The highest BCUT2D eigenvalue weighted by atomic mass is 16.6. The van der Waals surface area contributed by atoms with Crippen LogP contribution in [0.5, 0.6) is 0 Å². The van der Waals surface area contributed by atoms with Crippen molar-refractivity contribution < 1.29 is 14.8 Å². The van der Waals surface area contributed by atoms with Crippen LogP contribution in [0.2, 0.25) is 0 Å². The average molecular weight is 281 g/mol. The Balaban J connectivity index is 2.28. The fourth-order valence-electron chi connectivity index (χ4n) is 1.54. The van der Waals surface area contributed by atoms with Crippen LogP contribution in [0.3, 0.4) is 0 Å². The van der Waals surface area contributed by atoms with Crippen molar-refractivity contribution in [2.24, 2.45) is 0 Å². The van der Waals surface area contributed by atoms with Crippen LogP contribution in [-0.4, -0.2) is 28.7 Å². The Hall–Kier alpha value is -2.15. The molecule has 3 N–H and O–H groups in total. The molecule has 0 aliphatic heterocycles. The summed E-state index contributed by atoms with van der Waals surface area (Å²) in [5, 5.41) is 25.1. The van der Waals surface area contributed by atoms with Crippen molar-refractivity contribution in [2.75, 3.05) is 6.54 Å². The molecule has 0 radical (unpaired) electrons. The number of amides is 2. The molecule has 2 amide bonds. The monoisotopic (exact) mass is 281 g/mol. The van der Waals surface area contributed by atoms with Crippen molar-refractivity contribution in [1.82, 2.24) is 10.6 Å². The van der Waals surface area contributed by atoms with Gasteiger partial charge in [-0.25, -0.2) is 4.79 Å². The molecule has 1 rings (SSSR count). The Labute approximate surface area is 117 Å². The van der Waals surface area contributed by atoms with Crippen molar-refractivity contribution in [3.05, 3.63) is 39.9 Å². The number of urea groups is 1. The number of aliphatic hydroxyl groups is 1. The van der Waals surface area contributed by atoms with Gasteiger partial charge in [0.1, 0.15) is 0 Å². The van der Waals surface area contributed by atoms with Gasteiger partial charge >= 0.3 is 6.03 Å². The molecule has 0 spiro atoms. The minimum absolute atomic E-state index is 0.0201. The van der Waals surface area contributed by atoms with Crippen LogP contribution in [0.4, 0.5) is 10.5 Å². The molecular weight excluding hydrogens is 262 g/mol. The highest BCUT2D eigenvalue weighted by Gasteiger charge is 2.05. The maximum Gasteiger partial charge on any atom is 0.315 e. The van der Waals surface area contributed by atoms with Crippen LogP contribution < -0.4 is 10.6 Å². The third-order valence-electron chi connectivity index (χ3n) is 2.83. The molecule has 0 fully saturated rings. The second-order valence-corrected chi connectivity index (χ2v) is 4.38. The first-order chi connectivity index (χ1) is 9.52. The average Bonchev–Trinajstić information content (AvgIpc) is 2.45. The number of nitro benzene ring substituents is 1. The largest absolute Gasteiger partial charge is 0.393 e. The summed E-state index contributed by atoms with van der Waals surface area (Å²) >= 11 is 0. The summed E-state index contributed by atoms with van der Waals surface area (Å²) in [6, 6.07) is 5.66. The van der Waals surface area contributed by atoms with E-state index in [9.17, 15) is 20.0 Å². The quantitative estimate of drug-likeness (QED) is 0.521. The zero-order valence-corrected chi connectivity index (χ0v) is 11.3. The summed E-state index contributed by atoms with van der Waals surface area (Å²) in [6.07, 6.45) is 0.776. The molecule has 0 saturated heterocycles. The van der Waals surface area contributed by atoms with Crippen LogP contribution >= 0.6 is 0 Å². The molecule has 1 atom stereocenters. The Morgan fingerprint density at radius 3 is 2.55 bits per heavy atom. The van der Waals surface area contributed by atoms with E-state index in [1.165, 1.54) is 12.1 Å². The SMILES string of the molecule is CCC(O)CCNC(=O)NCc1ccc([N+](=O)[O-])cc1. The molecule has 1 aromatic carbocycles. The standard InChI is InChI=1S/C13H19N3O4/c1-2-12(17)7-8-14-13(18)15-9-10-3-5-11(6-4-10)16(19)20/h3-6,12,17H,2,7-9H2,1H3,(H2,14,15,18). The highest BCUT2D eigenvalue weighted by Crippen LogP contribution is 2.11. The lowest BCUT2D eigenvalue weighted by Crippen LogP contribution is -2.36. The summed E-state index contributed by atoms with van der Waals surface area (Å²) in [5.74, 6) is 0. The first-order valence-electron chi connectivity index (χ1n) is 6.46. The number of rotatable bonds is 7. The van der Waals surface area contributed by atoms with Crippen LogP contribution in [0.25, 0.3) is 0 Å². The number of nitrogens with one attached hydrogen (secondary N) is 2. The summed E-state index contributed by atoms with van der Waals surface area (Å²) in [6.45, 7) is 2.57. The Morgan fingerprint density at radius 1 is 1.35 bits per heavy atom. The van der Waals surface area contributed by atoms with Crippen molar-refractivity contribution in [1.29, 1.82) is 0 Å². The third-order valence-corrected chi connectivity index (χ3v) is 2.83. The van der Waals surface area contributed by atoms with Crippen LogP contribution in [0, 0.1) is 10.1 Å². The molecule has 0 aromatic heterocycles. The summed E-state index contributed by atoms with van der Waals surface area (Å²) in [7, 11) is 0. The normalized spacial score (nSPS) is 11.7. The molecule has 7 nitrogen and oxygen atoms in total. The van der Waals surface area contributed by atoms with Crippen LogP contribution in [0.15, 0.2) is 24.3 Å². The molecule has 0 bridgehead atoms. The Bertz CT molecular complexity index is 447. The van der Waals surface area contributed by atoms with E-state index in [0.717, 1.165) is 5.56 Å². The highest BCUT2D eigenvalue weighted by molar-refractivity contribution is 5.73. The van der Waals surface area contributed by atoms with Gasteiger partial charge in [-0.15, -0.1) is 0 Å². The van der Waals surface area contributed by atoms with Crippen molar-refractivity contribution in [3.8, 4) is 0 Å². The fraction of sp³-hybridized carbons (Fsp3) is 0.462. The van der Waals surface area contributed by atoms with Gasteiger partial charge in [-0.05, 0) is 18.4 Å². The second-order valence-electron chi connectivity index (χ2n) is 4.38. The number of aliphatic hydroxyl groups excluding tert-OH is 1. The first kappa shape index (κ1) is 15.9. The number of carbonyl (C=O) groups excluding carboxylic acids is 1. The minimum Gasteiger partial charge on any atom is -0.393 e. The number of hydrogen-bond acceptors (Lipinski definition) is 4. The number of carbonyl (C=O) groups is 1. The van der Waals surface area contributed by atoms with Gasteiger partial charge in [0.25, 0.3) is 5.69 Å². The van der Waals surface area contributed by atoms with Gasteiger partial charge in [0.15, 0.2) is 0 Å². The van der Waals surface area contributed by atoms with Gasteiger partial charge in [0.2, 0.25) is 0 Å². The topological polar surface area (TPSA) is 104 Å². The van der Waals surface area contributed by atoms with E-state index in [1.54, 1.807) is 12.1 Å². The molecule has 0 aliphatic carbocycles. The van der Waals surface area contributed by atoms with Gasteiger partial charge in [0.05, 0.1) is 11.0 Å². The van der Waals surface area contributed by atoms with Crippen LogP contribution in [-0.2, 0) is 6.54 Å². The number of benzene rings is 1. The third kappa shape index (κ3) is 5.66. The fourth-order valence-corrected chi connectivity index (χ4v) is 1.54. The molecular formula is C13H19N3O4. The summed E-state index contributed by atoms with van der Waals surface area (Å²) in [5.41, 5.74) is 0.797. The predicted octanol–water partition coefficient (Wildman–Crippen LogP) is 1.55. The predicted molar refractivity (Wildman–Crippen MR) is 74.2 cm³/mol. The maximum absolute atomic E-state index is 11.4. The molecule has 20 heavy (non-hydrogen) atoms. The van der Waals surface area contributed by atoms with Gasteiger partial charge in [-0.2, -0.15) is 0 Å². The van der Waals surface area contributed by atoms with Gasteiger partial charge in [-0.1, -0.05) is 19.1 Å². The molecule has 0 heterocycles. The maximum atomic E-state index is 11.4. The molecule has 7 heteroatoms. The zero-order valence-electron chi connectivity index (χ0n) is 11.3. The van der Waals surface area contributed by atoms with E-state index in [1.807, 2.05) is 6.92 Å². The summed E-state index contributed by atoms with van der Waals surface area (Å²) in [4.78, 5) is 21.5. The van der Waals surface area contributed by atoms with Gasteiger partial charge < -0.3 is 15.7 Å². The molecule has 1 aromatic rings. The van der Waals surface area contributed by atoms with Gasteiger partial charge in [-0.3, -0.25) is 10.1 Å². The van der Waals surface area contributed by atoms with Gasteiger partial charge in [0, 0.05) is 25.2 Å². The summed E-state index contributed by atoms with van der Waals surface area (Å²) < 4.78 is 0. The van der Waals surface area contributed by atoms with E-state index in [0.29, 0.717) is 25.9 Å². The lowest BCUT2D eigenvalue weighted by molar-refractivity contribution is -0.384.